The van der Waals surface area contributed by atoms with Crippen LogP contribution in [0.15, 0.2) is 12.4 Å². The number of hydrogen-bond donors (Lipinski definition) is 1. The van der Waals surface area contributed by atoms with Crippen LogP contribution in [0.4, 0.5) is 0 Å². The van der Waals surface area contributed by atoms with E-state index in [1.807, 2.05) is 17.9 Å². The van der Waals surface area contributed by atoms with E-state index >= 15 is 0 Å². The Morgan fingerprint density at radius 2 is 2.26 bits per heavy atom. The number of thioether (sulfide) groups is 1. The van der Waals surface area contributed by atoms with Crippen molar-refractivity contribution < 1.29 is 0 Å². The summed E-state index contributed by atoms with van der Waals surface area (Å²) in [5.74, 6) is 3.38. The van der Waals surface area contributed by atoms with Gasteiger partial charge >= 0.3 is 0 Å². The molecule has 106 valence electrons. The molecule has 0 saturated carbocycles. The summed E-state index contributed by atoms with van der Waals surface area (Å²) >= 11 is 2.08. The molecule has 4 nitrogen and oxygen atoms in total. The van der Waals surface area contributed by atoms with Gasteiger partial charge in [-0.05, 0) is 31.8 Å². The third-order valence-electron chi connectivity index (χ3n) is 4.30. The fourth-order valence-corrected chi connectivity index (χ4v) is 4.33. The monoisotopic (exact) mass is 280 g/mol. The van der Waals surface area contributed by atoms with Crippen molar-refractivity contribution in [1.82, 2.24) is 20.0 Å². The fraction of sp³-hybridized carbons (Fsp3) is 0.786. The molecule has 1 atom stereocenters. The van der Waals surface area contributed by atoms with Crippen molar-refractivity contribution in [2.24, 2.45) is 13.0 Å². The number of piperidine rings is 1. The van der Waals surface area contributed by atoms with Crippen LogP contribution in [0.25, 0.3) is 0 Å². The SMILES string of the molecule is Cn1cc(C2CSCCN2CC2CCNCC2)cn1. The summed E-state index contributed by atoms with van der Waals surface area (Å²) in [4.78, 5) is 2.70. The molecule has 2 fully saturated rings. The summed E-state index contributed by atoms with van der Waals surface area (Å²) in [6.45, 7) is 4.89. The molecule has 0 aromatic carbocycles. The van der Waals surface area contributed by atoms with Crippen LogP contribution in [-0.2, 0) is 7.05 Å². The van der Waals surface area contributed by atoms with Crippen molar-refractivity contribution in [3.63, 3.8) is 0 Å². The van der Waals surface area contributed by atoms with Crippen molar-refractivity contribution in [1.29, 1.82) is 0 Å². The summed E-state index contributed by atoms with van der Waals surface area (Å²) in [5.41, 5.74) is 1.39. The zero-order chi connectivity index (χ0) is 13.1. The maximum Gasteiger partial charge on any atom is 0.0537 e. The van der Waals surface area contributed by atoms with Gasteiger partial charge in [0.2, 0.25) is 0 Å². The van der Waals surface area contributed by atoms with Crippen LogP contribution in [0.5, 0.6) is 0 Å². The highest BCUT2D eigenvalue weighted by molar-refractivity contribution is 7.99. The predicted molar refractivity (Wildman–Crippen MR) is 80.4 cm³/mol. The van der Waals surface area contributed by atoms with Crippen LogP contribution < -0.4 is 5.32 Å². The number of nitrogens with zero attached hydrogens (tertiary/aromatic N) is 3. The van der Waals surface area contributed by atoms with E-state index in [9.17, 15) is 0 Å². The molecule has 1 unspecified atom stereocenters. The van der Waals surface area contributed by atoms with Crippen molar-refractivity contribution in [3.8, 4) is 0 Å². The van der Waals surface area contributed by atoms with Gasteiger partial charge in [-0.2, -0.15) is 16.9 Å². The summed E-state index contributed by atoms with van der Waals surface area (Å²) in [7, 11) is 2.01. The molecule has 5 heteroatoms. The lowest BCUT2D eigenvalue weighted by Gasteiger charge is -2.38. The Kier molecular flexibility index (Phi) is 4.45. The number of rotatable bonds is 3. The highest BCUT2D eigenvalue weighted by Gasteiger charge is 2.27. The van der Waals surface area contributed by atoms with Gasteiger partial charge in [-0.3, -0.25) is 9.58 Å². The molecule has 3 rings (SSSR count). The average Bonchev–Trinajstić information content (AvgIpc) is 2.87. The van der Waals surface area contributed by atoms with Crippen LogP contribution in [-0.4, -0.2) is 52.4 Å². The summed E-state index contributed by atoms with van der Waals surface area (Å²) < 4.78 is 1.93. The van der Waals surface area contributed by atoms with Gasteiger partial charge in [-0.25, -0.2) is 0 Å². The Balaban J connectivity index is 1.66. The van der Waals surface area contributed by atoms with Crippen molar-refractivity contribution in [2.45, 2.75) is 18.9 Å². The van der Waals surface area contributed by atoms with Gasteiger partial charge in [0.25, 0.3) is 0 Å². The van der Waals surface area contributed by atoms with E-state index in [1.54, 1.807) is 0 Å². The minimum absolute atomic E-state index is 0.572. The molecule has 1 N–H and O–H groups in total. The van der Waals surface area contributed by atoms with E-state index in [4.69, 9.17) is 0 Å². The topological polar surface area (TPSA) is 33.1 Å². The molecular formula is C14H24N4S. The zero-order valence-corrected chi connectivity index (χ0v) is 12.5. The molecule has 0 aliphatic carbocycles. The fourth-order valence-electron chi connectivity index (χ4n) is 3.17. The molecule has 0 radical (unpaired) electrons. The molecule has 2 aliphatic heterocycles. The average molecular weight is 280 g/mol. The Morgan fingerprint density at radius 1 is 1.42 bits per heavy atom. The van der Waals surface area contributed by atoms with E-state index in [1.165, 1.54) is 56.1 Å². The molecular weight excluding hydrogens is 256 g/mol. The maximum absolute atomic E-state index is 4.34. The van der Waals surface area contributed by atoms with E-state index in [0.717, 1.165) is 5.92 Å². The third-order valence-corrected chi connectivity index (χ3v) is 5.32. The first-order chi connectivity index (χ1) is 9.33. The Bertz CT molecular complexity index is 400. The first kappa shape index (κ1) is 13.5. The summed E-state index contributed by atoms with van der Waals surface area (Å²) in [5, 5.41) is 7.81. The van der Waals surface area contributed by atoms with Crippen LogP contribution >= 0.6 is 11.8 Å². The molecule has 2 saturated heterocycles. The maximum atomic E-state index is 4.34. The Morgan fingerprint density at radius 3 is 3.00 bits per heavy atom. The summed E-state index contributed by atoms with van der Waals surface area (Å²) in [6, 6.07) is 0.572. The number of nitrogens with one attached hydrogen (secondary N) is 1. The predicted octanol–water partition coefficient (Wildman–Crippen LogP) is 1.51. The highest BCUT2D eigenvalue weighted by atomic mass is 32.2. The van der Waals surface area contributed by atoms with Gasteiger partial charge < -0.3 is 5.32 Å². The first-order valence-corrected chi connectivity index (χ1v) is 8.49. The normalized spacial score (nSPS) is 26.7. The van der Waals surface area contributed by atoms with Crippen molar-refractivity contribution >= 4 is 11.8 Å². The lowest BCUT2D eigenvalue weighted by atomic mass is 9.96. The van der Waals surface area contributed by atoms with Gasteiger partial charge in [0.1, 0.15) is 0 Å². The van der Waals surface area contributed by atoms with Gasteiger partial charge in [0, 0.05) is 49.4 Å². The van der Waals surface area contributed by atoms with E-state index in [0.29, 0.717) is 6.04 Å². The van der Waals surface area contributed by atoms with E-state index < -0.39 is 0 Å². The van der Waals surface area contributed by atoms with Crippen LogP contribution in [0.3, 0.4) is 0 Å². The number of aryl methyl sites for hydroxylation is 1. The number of hydrogen-bond acceptors (Lipinski definition) is 4. The van der Waals surface area contributed by atoms with Crippen molar-refractivity contribution in [3.05, 3.63) is 18.0 Å². The van der Waals surface area contributed by atoms with Crippen molar-refractivity contribution in [2.75, 3.05) is 37.7 Å². The third kappa shape index (κ3) is 3.33. The lowest BCUT2D eigenvalue weighted by molar-refractivity contribution is 0.168. The standard InChI is InChI=1S/C14H24N4S/c1-17-10-13(8-16-17)14-11-19-7-6-18(14)9-12-2-4-15-5-3-12/h8,10,12,14-15H,2-7,9,11H2,1H3. The van der Waals surface area contributed by atoms with Gasteiger partial charge in [-0.15, -0.1) is 0 Å². The first-order valence-electron chi connectivity index (χ1n) is 7.34. The second-order valence-electron chi connectivity index (χ2n) is 5.73. The van der Waals surface area contributed by atoms with Crippen LogP contribution in [0, 0.1) is 5.92 Å². The van der Waals surface area contributed by atoms with Gasteiger partial charge in [-0.1, -0.05) is 0 Å². The van der Waals surface area contributed by atoms with Crippen LogP contribution in [0.2, 0.25) is 0 Å². The lowest BCUT2D eigenvalue weighted by Crippen LogP contribution is -2.41. The largest absolute Gasteiger partial charge is 0.317 e. The highest BCUT2D eigenvalue weighted by Crippen LogP contribution is 2.30. The smallest absolute Gasteiger partial charge is 0.0537 e. The second kappa shape index (κ2) is 6.29. The second-order valence-corrected chi connectivity index (χ2v) is 6.88. The molecule has 0 spiro atoms. The molecule has 3 heterocycles. The quantitative estimate of drug-likeness (QED) is 0.910. The van der Waals surface area contributed by atoms with Gasteiger partial charge in [0.05, 0.1) is 6.20 Å². The minimum Gasteiger partial charge on any atom is -0.317 e. The summed E-state index contributed by atoms with van der Waals surface area (Å²) in [6.07, 6.45) is 6.91. The minimum atomic E-state index is 0.572. The Labute approximate surface area is 119 Å². The Hall–Kier alpha value is -0.520. The molecule has 19 heavy (non-hydrogen) atoms. The van der Waals surface area contributed by atoms with E-state index in [2.05, 4.69) is 33.3 Å². The van der Waals surface area contributed by atoms with Gasteiger partial charge in [0.15, 0.2) is 0 Å². The molecule has 0 amide bonds. The molecule has 0 bridgehead atoms. The zero-order valence-electron chi connectivity index (χ0n) is 11.7. The van der Waals surface area contributed by atoms with E-state index in [-0.39, 0.29) is 0 Å². The molecule has 1 aromatic heterocycles. The molecule has 1 aromatic rings. The number of aromatic nitrogens is 2. The van der Waals surface area contributed by atoms with Crippen LogP contribution in [0.1, 0.15) is 24.4 Å². The molecule has 2 aliphatic rings.